The number of hydrogen-bond donors (Lipinski definition) is 3. The van der Waals surface area contributed by atoms with Crippen LogP contribution in [-0.2, 0) is 21.5 Å². The van der Waals surface area contributed by atoms with Gasteiger partial charge in [0.25, 0.3) is 10.1 Å². The van der Waals surface area contributed by atoms with Gasteiger partial charge in [0.15, 0.2) is 0 Å². The molecule has 0 bridgehead atoms. The molecule has 0 saturated carbocycles. The summed E-state index contributed by atoms with van der Waals surface area (Å²) in [5, 5.41) is 11.1. The van der Waals surface area contributed by atoms with Crippen LogP contribution in [0.15, 0.2) is 59.5 Å². The maximum absolute atomic E-state index is 10.5. The first-order valence-electron chi connectivity index (χ1n) is 6.79. The lowest BCUT2D eigenvalue weighted by molar-refractivity contribution is -0.136. The number of carboxylic acid groups (broad SMARTS) is 1. The van der Waals surface area contributed by atoms with Crippen LogP contribution in [0.25, 0.3) is 0 Å². The van der Waals surface area contributed by atoms with Crippen LogP contribution >= 0.6 is 0 Å². The van der Waals surface area contributed by atoms with Crippen molar-refractivity contribution in [2.24, 2.45) is 0 Å². The standard InChI is InChI=1S/C9H11NO2.C7H8O3S/c11-9(12)7-10-6-8-4-2-1-3-5-8;1-6-2-4-7(5-3-6)11(8,9)10/h1-5,10H,6-7H2,(H,11,12);2-5H,1H3,(H,8,9,10). The Hall–Kier alpha value is -2.22. The molecule has 6 nitrogen and oxygen atoms in total. The van der Waals surface area contributed by atoms with Gasteiger partial charge in [0.2, 0.25) is 0 Å². The molecule has 0 unspecified atom stereocenters. The zero-order valence-corrected chi connectivity index (χ0v) is 13.5. The van der Waals surface area contributed by atoms with Crippen molar-refractivity contribution in [2.75, 3.05) is 6.54 Å². The van der Waals surface area contributed by atoms with Crippen LogP contribution in [-0.4, -0.2) is 30.6 Å². The fourth-order valence-corrected chi connectivity index (χ4v) is 2.10. The minimum Gasteiger partial charge on any atom is -0.480 e. The smallest absolute Gasteiger partial charge is 0.317 e. The molecule has 124 valence electrons. The third-order valence-corrected chi connectivity index (χ3v) is 3.63. The minimum absolute atomic E-state index is 0.00882. The third-order valence-electron chi connectivity index (χ3n) is 2.77. The molecule has 0 radical (unpaired) electrons. The molecule has 0 saturated heterocycles. The average molecular weight is 337 g/mol. The SMILES string of the molecule is Cc1ccc(S(=O)(=O)O)cc1.O=C(O)CNCc1ccccc1. The molecule has 0 aromatic heterocycles. The van der Waals surface area contributed by atoms with Gasteiger partial charge in [-0.25, -0.2) is 0 Å². The quantitative estimate of drug-likeness (QED) is 0.722. The zero-order valence-electron chi connectivity index (χ0n) is 12.6. The highest BCUT2D eigenvalue weighted by Crippen LogP contribution is 2.08. The molecule has 2 aromatic carbocycles. The van der Waals surface area contributed by atoms with Crippen molar-refractivity contribution in [1.29, 1.82) is 0 Å². The van der Waals surface area contributed by atoms with E-state index in [1.165, 1.54) is 12.1 Å². The van der Waals surface area contributed by atoms with Crippen LogP contribution in [0.2, 0.25) is 0 Å². The van der Waals surface area contributed by atoms with Gasteiger partial charge in [-0.1, -0.05) is 48.0 Å². The van der Waals surface area contributed by atoms with Crippen molar-refractivity contribution in [3.63, 3.8) is 0 Å². The van der Waals surface area contributed by atoms with E-state index in [2.05, 4.69) is 5.32 Å². The summed E-state index contributed by atoms with van der Waals surface area (Å²) in [6, 6.07) is 15.7. The van der Waals surface area contributed by atoms with E-state index in [4.69, 9.17) is 9.66 Å². The lowest BCUT2D eigenvalue weighted by atomic mass is 10.2. The molecule has 0 heterocycles. The molecule has 0 spiro atoms. The van der Waals surface area contributed by atoms with Gasteiger partial charge >= 0.3 is 5.97 Å². The average Bonchev–Trinajstić information content (AvgIpc) is 2.48. The number of carboxylic acids is 1. The number of aryl methyl sites for hydroxylation is 1. The molecule has 0 atom stereocenters. The second kappa shape index (κ2) is 9.04. The monoisotopic (exact) mass is 337 g/mol. The maximum Gasteiger partial charge on any atom is 0.317 e. The van der Waals surface area contributed by atoms with Gasteiger partial charge in [-0.05, 0) is 24.6 Å². The summed E-state index contributed by atoms with van der Waals surface area (Å²) in [5.41, 5.74) is 2.05. The van der Waals surface area contributed by atoms with Crippen LogP contribution in [0.4, 0.5) is 0 Å². The minimum atomic E-state index is -4.02. The summed E-state index contributed by atoms with van der Waals surface area (Å²) in [6.07, 6.45) is 0. The number of hydrogen-bond acceptors (Lipinski definition) is 4. The molecule has 7 heteroatoms. The second-order valence-corrected chi connectivity index (χ2v) is 6.19. The van der Waals surface area contributed by atoms with Crippen molar-refractivity contribution in [2.45, 2.75) is 18.4 Å². The first kappa shape index (κ1) is 18.8. The Morgan fingerprint density at radius 3 is 2.09 bits per heavy atom. The topological polar surface area (TPSA) is 104 Å². The largest absolute Gasteiger partial charge is 0.480 e. The summed E-state index contributed by atoms with van der Waals surface area (Å²) in [5.74, 6) is -0.828. The first-order chi connectivity index (χ1) is 10.8. The van der Waals surface area contributed by atoms with Gasteiger partial charge in [0.05, 0.1) is 11.4 Å². The summed E-state index contributed by atoms with van der Waals surface area (Å²) in [4.78, 5) is 10.1. The van der Waals surface area contributed by atoms with Crippen LogP contribution in [0.1, 0.15) is 11.1 Å². The molecule has 0 aliphatic carbocycles. The van der Waals surface area contributed by atoms with Crippen molar-refractivity contribution in [1.82, 2.24) is 5.32 Å². The molecular weight excluding hydrogens is 318 g/mol. The lowest BCUT2D eigenvalue weighted by Gasteiger charge is -2.00. The predicted octanol–water partition coefficient (Wildman–Crippen LogP) is 2.10. The molecule has 0 aliphatic rings. The van der Waals surface area contributed by atoms with Crippen molar-refractivity contribution < 1.29 is 22.9 Å². The third kappa shape index (κ3) is 8.10. The van der Waals surface area contributed by atoms with Crippen LogP contribution < -0.4 is 5.32 Å². The number of aliphatic carboxylic acids is 1. The number of rotatable bonds is 5. The lowest BCUT2D eigenvalue weighted by Crippen LogP contribution is -2.21. The van der Waals surface area contributed by atoms with E-state index >= 15 is 0 Å². The molecule has 2 aromatic rings. The Balaban J connectivity index is 0.000000231. The van der Waals surface area contributed by atoms with Gasteiger partial charge < -0.3 is 10.4 Å². The van der Waals surface area contributed by atoms with Crippen LogP contribution in [0.3, 0.4) is 0 Å². The van der Waals surface area contributed by atoms with E-state index in [-0.39, 0.29) is 11.4 Å². The fourth-order valence-electron chi connectivity index (χ4n) is 1.62. The Morgan fingerprint density at radius 1 is 1.04 bits per heavy atom. The van der Waals surface area contributed by atoms with Gasteiger partial charge in [-0.2, -0.15) is 8.42 Å². The number of benzene rings is 2. The van der Waals surface area contributed by atoms with Gasteiger partial charge in [-0.15, -0.1) is 0 Å². The normalized spacial score (nSPS) is 10.5. The van der Waals surface area contributed by atoms with Gasteiger partial charge in [-0.3, -0.25) is 9.35 Å². The van der Waals surface area contributed by atoms with E-state index in [1.807, 2.05) is 37.3 Å². The number of nitrogens with one attached hydrogen (secondary N) is 1. The van der Waals surface area contributed by atoms with Crippen molar-refractivity contribution >= 4 is 16.1 Å². The van der Waals surface area contributed by atoms with E-state index in [0.717, 1.165) is 11.1 Å². The Bertz CT molecular complexity index is 712. The van der Waals surface area contributed by atoms with Gasteiger partial charge in [0, 0.05) is 6.54 Å². The van der Waals surface area contributed by atoms with Crippen LogP contribution in [0.5, 0.6) is 0 Å². The molecule has 0 fully saturated rings. The second-order valence-electron chi connectivity index (χ2n) is 4.77. The van der Waals surface area contributed by atoms with Crippen molar-refractivity contribution in [3.05, 3.63) is 65.7 Å². The van der Waals surface area contributed by atoms with E-state index in [9.17, 15) is 13.2 Å². The molecule has 2 rings (SSSR count). The van der Waals surface area contributed by atoms with E-state index in [1.54, 1.807) is 12.1 Å². The van der Waals surface area contributed by atoms with E-state index in [0.29, 0.717) is 6.54 Å². The summed E-state index contributed by atoms with van der Waals surface area (Å²) in [7, 11) is -4.02. The highest BCUT2D eigenvalue weighted by molar-refractivity contribution is 7.85. The molecular formula is C16H19NO5S. The van der Waals surface area contributed by atoms with E-state index < -0.39 is 16.1 Å². The van der Waals surface area contributed by atoms with Gasteiger partial charge in [0.1, 0.15) is 0 Å². The first-order valence-corrected chi connectivity index (χ1v) is 8.23. The summed E-state index contributed by atoms with van der Waals surface area (Å²) >= 11 is 0. The summed E-state index contributed by atoms with van der Waals surface area (Å²) < 4.78 is 29.6. The highest BCUT2D eigenvalue weighted by atomic mass is 32.2. The Morgan fingerprint density at radius 2 is 1.61 bits per heavy atom. The molecule has 0 aliphatic heterocycles. The van der Waals surface area contributed by atoms with Crippen molar-refractivity contribution in [3.8, 4) is 0 Å². The maximum atomic E-state index is 10.5. The molecule has 3 N–H and O–H groups in total. The van der Waals surface area contributed by atoms with Crippen LogP contribution in [0, 0.1) is 6.92 Å². The predicted molar refractivity (Wildman–Crippen MR) is 86.8 cm³/mol. The highest BCUT2D eigenvalue weighted by Gasteiger charge is 2.06. The zero-order chi connectivity index (χ0) is 17.3. The summed E-state index contributed by atoms with van der Waals surface area (Å²) in [6.45, 7) is 2.45. The molecule has 0 amide bonds. The Kier molecular flexibility index (Phi) is 7.40. The number of carbonyl (C=O) groups is 1. The fraction of sp³-hybridized carbons (Fsp3) is 0.188. The Labute approximate surface area is 135 Å². The molecule has 23 heavy (non-hydrogen) atoms.